The highest BCUT2D eigenvalue weighted by atomic mass is 35.5. The number of carbonyl (C=O) groups is 1. The van der Waals surface area contributed by atoms with E-state index in [1.807, 2.05) is 43.5 Å². The van der Waals surface area contributed by atoms with E-state index < -0.39 is 10.0 Å². The van der Waals surface area contributed by atoms with E-state index in [1.165, 1.54) is 10.4 Å². The summed E-state index contributed by atoms with van der Waals surface area (Å²) < 4.78 is 29.4. The zero-order valence-electron chi connectivity index (χ0n) is 17.3. The fourth-order valence-electron chi connectivity index (χ4n) is 3.66. The van der Waals surface area contributed by atoms with Gasteiger partial charge in [-0.1, -0.05) is 29.8 Å². The number of aromatic nitrogens is 2. The molecule has 0 radical (unpaired) electrons. The summed E-state index contributed by atoms with van der Waals surface area (Å²) in [4.78, 5) is 18.9. The molecule has 0 N–H and O–H groups in total. The highest BCUT2D eigenvalue weighted by molar-refractivity contribution is 7.89. The Kier molecular flexibility index (Phi) is 5.88. The molecule has 0 atom stereocenters. The van der Waals surface area contributed by atoms with Gasteiger partial charge < -0.3 is 4.90 Å². The number of sulfonamides is 1. The molecule has 0 unspecified atom stereocenters. The third-order valence-electron chi connectivity index (χ3n) is 5.42. The molecule has 9 heteroatoms. The fraction of sp³-hybridized carbons (Fsp3) is 0.273. The number of hydrogen-bond donors (Lipinski definition) is 0. The van der Waals surface area contributed by atoms with Crippen LogP contribution in [0.2, 0.25) is 5.15 Å². The number of nitrogens with zero attached hydrogens (tertiary/aromatic N) is 4. The van der Waals surface area contributed by atoms with Gasteiger partial charge in [0.1, 0.15) is 5.65 Å². The Bertz CT molecular complexity index is 1280. The number of hydrogen-bond acceptors (Lipinski definition) is 4. The molecule has 3 aromatic rings. The van der Waals surface area contributed by atoms with Gasteiger partial charge in [0.15, 0.2) is 5.15 Å². The van der Waals surface area contributed by atoms with E-state index in [9.17, 15) is 13.2 Å². The van der Waals surface area contributed by atoms with Crippen molar-refractivity contribution in [1.82, 2.24) is 18.6 Å². The minimum absolute atomic E-state index is 0.189. The SMILES string of the molecule is Cc1ccc(C)c(S(=O)(=O)N2CCN(C(=O)/C=C/c3c(Cl)nc4ccccn34)CC2)c1. The molecule has 1 fully saturated rings. The summed E-state index contributed by atoms with van der Waals surface area (Å²) in [7, 11) is -3.59. The molecule has 0 bridgehead atoms. The van der Waals surface area contributed by atoms with Crippen LogP contribution >= 0.6 is 11.6 Å². The summed E-state index contributed by atoms with van der Waals surface area (Å²) in [5, 5.41) is 0.319. The number of piperazine rings is 1. The van der Waals surface area contributed by atoms with Crippen LogP contribution in [-0.2, 0) is 14.8 Å². The maximum Gasteiger partial charge on any atom is 0.246 e. The molecule has 162 valence electrons. The maximum absolute atomic E-state index is 13.1. The van der Waals surface area contributed by atoms with Crippen molar-refractivity contribution in [3.8, 4) is 0 Å². The molecule has 3 heterocycles. The van der Waals surface area contributed by atoms with Gasteiger partial charge in [-0.3, -0.25) is 9.20 Å². The number of rotatable bonds is 4. The molecule has 1 aliphatic heterocycles. The largest absolute Gasteiger partial charge is 0.337 e. The molecule has 1 amide bonds. The zero-order chi connectivity index (χ0) is 22.2. The second kappa shape index (κ2) is 8.45. The predicted molar refractivity (Wildman–Crippen MR) is 120 cm³/mol. The van der Waals surface area contributed by atoms with Gasteiger partial charge in [-0.15, -0.1) is 0 Å². The topological polar surface area (TPSA) is 75.0 Å². The second-order valence-electron chi connectivity index (χ2n) is 7.55. The number of imidazole rings is 1. The van der Waals surface area contributed by atoms with Crippen LogP contribution in [0.5, 0.6) is 0 Å². The smallest absolute Gasteiger partial charge is 0.246 e. The molecule has 1 aliphatic rings. The average molecular weight is 459 g/mol. The average Bonchev–Trinajstić information content (AvgIpc) is 3.08. The maximum atomic E-state index is 13.1. The van der Waals surface area contributed by atoms with Gasteiger partial charge in [0, 0.05) is 38.5 Å². The Hall–Kier alpha value is -2.68. The van der Waals surface area contributed by atoms with Crippen LogP contribution < -0.4 is 0 Å². The normalized spacial score (nSPS) is 15.8. The highest BCUT2D eigenvalue weighted by Crippen LogP contribution is 2.23. The molecule has 4 rings (SSSR count). The Labute approximate surface area is 186 Å². The Morgan fingerprint density at radius 1 is 1.10 bits per heavy atom. The third kappa shape index (κ3) is 4.23. The molecule has 0 saturated carbocycles. The van der Waals surface area contributed by atoms with Crippen molar-refractivity contribution in [1.29, 1.82) is 0 Å². The quantitative estimate of drug-likeness (QED) is 0.563. The first-order valence-electron chi connectivity index (χ1n) is 9.94. The summed E-state index contributed by atoms with van der Waals surface area (Å²) in [5.41, 5.74) is 2.94. The van der Waals surface area contributed by atoms with Crippen LogP contribution in [0.3, 0.4) is 0 Å². The van der Waals surface area contributed by atoms with Crippen molar-refractivity contribution in [3.63, 3.8) is 0 Å². The summed E-state index contributed by atoms with van der Waals surface area (Å²) in [6.07, 6.45) is 4.93. The van der Waals surface area contributed by atoms with E-state index in [4.69, 9.17) is 11.6 Å². The van der Waals surface area contributed by atoms with E-state index in [1.54, 1.807) is 28.4 Å². The van der Waals surface area contributed by atoms with Crippen LogP contribution in [0.4, 0.5) is 0 Å². The first kappa shape index (κ1) is 21.5. The Morgan fingerprint density at radius 2 is 1.84 bits per heavy atom. The van der Waals surface area contributed by atoms with E-state index in [2.05, 4.69) is 4.98 Å². The number of halogens is 1. The van der Waals surface area contributed by atoms with E-state index in [0.29, 0.717) is 34.5 Å². The third-order valence-corrected chi connectivity index (χ3v) is 7.74. The van der Waals surface area contributed by atoms with Gasteiger partial charge >= 0.3 is 0 Å². The molecule has 0 aliphatic carbocycles. The lowest BCUT2D eigenvalue weighted by Gasteiger charge is -2.33. The van der Waals surface area contributed by atoms with Gasteiger partial charge in [0.25, 0.3) is 0 Å². The van der Waals surface area contributed by atoms with Gasteiger partial charge in [0.05, 0.1) is 10.6 Å². The monoisotopic (exact) mass is 458 g/mol. The van der Waals surface area contributed by atoms with Crippen molar-refractivity contribution in [2.45, 2.75) is 18.7 Å². The molecule has 0 spiro atoms. The van der Waals surface area contributed by atoms with Crippen molar-refractivity contribution < 1.29 is 13.2 Å². The zero-order valence-corrected chi connectivity index (χ0v) is 18.9. The molecular formula is C22H23ClN4O3S. The molecule has 7 nitrogen and oxygen atoms in total. The van der Waals surface area contributed by atoms with Gasteiger partial charge in [-0.25, -0.2) is 13.4 Å². The van der Waals surface area contributed by atoms with Crippen LogP contribution in [0.1, 0.15) is 16.8 Å². The van der Waals surface area contributed by atoms with Gasteiger partial charge in [-0.05, 0) is 49.2 Å². The summed E-state index contributed by atoms with van der Waals surface area (Å²) in [5.74, 6) is -0.189. The van der Waals surface area contributed by atoms with E-state index in [-0.39, 0.29) is 19.0 Å². The standard InChI is InChI=1S/C22H23ClN4O3S/c1-16-6-7-17(2)19(15-16)31(29,30)26-13-11-25(12-14-26)21(28)9-8-18-22(23)24-20-5-3-4-10-27(18)20/h3-10,15H,11-14H2,1-2H3/b9-8+. The van der Waals surface area contributed by atoms with Crippen LogP contribution in [0.15, 0.2) is 53.6 Å². The van der Waals surface area contributed by atoms with Crippen molar-refractivity contribution in [3.05, 3.63) is 70.6 Å². The Morgan fingerprint density at radius 3 is 2.58 bits per heavy atom. The lowest BCUT2D eigenvalue weighted by molar-refractivity contribution is -0.127. The first-order valence-corrected chi connectivity index (χ1v) is 11.8. The number of fused-ring (bicyclic) bond motifs is 1. The summed E-state index contributed by atoms with van der Waals surface area (Å²) in [6, 6.07) is 11.0. The van der Waals surface area contributed by atoms with Crippen LogP contribution in [0.25, 0.3) is 11.7 Å². The summed E-state index contributed by atoms with van der Waals surface area (Å²) in [6.45, 7) is 4.83. The number of aryl methyl sites for hydroxylation is 2. The van der Waals surface area contributed by atoms with Gasteiger partial charge in [0.2, 0.25) is 15.9 Å². The van der Waals surface area contributed by atoms with Crippen LogP contribution in [-0.4, -0.2) is 59.1 Å². The predicted octanol–water partition coefficient (Wildman–Crippen LogP) is 3.15. The van der Waals surface area contributed by atoms with Crippen LogP contribution in [0, 0.1) is 13.8 Å². The summed E-state index contributed by atoms with van der Waals surface area (Å²) >= 11 is 6.21. The molecule has 31 heavy (non-hydrogen) atoms. The molecule has 2 aromatic heterocycles. The van der Waals surface area contributed by atoms with Crippen molar-refractivity contribution >= 4 is 39.3 Å². The molecule has 1 aromatic carbocycles. The lowest BCUT2D eigenvalue weighted by Crippen LogP contribution is -2.50. The number of pyridine rings is 1. The second-order valence-corrected chi connectivity index (χ2v) is 9.81. The van der Waals surface area contributed by atoms with E-state index in [0.717, 1.165) is 11.1 Å². The van der Waals surface area contributed by atoms with Crippen molar-refractivity contribution in [2.75, 3.05) is 26.2 Å². The minimum Gasteiger partial charge on any atom is -0.337 e. The van der Waals surface area contributed by atoms with Gasteiger partial charge in [-0.2, -0.15) is 4.31 Å². The lowest BCUT2D eigenvalue weighted by atomic mass is 10.2. The first-order chi connectivity index (χ1) is 14.8. The molecular weight excluding hydrogens is 436 g/mol. The van der Waals surface area contributed by atoms with Crippen molar-refractivity contribution in [2.24, 2.45) is 0 Å². The number of benzene rings is 1. The highest BCUT2D eigenvalue weighted by Gasteiger charge is 2.30. The number of carbonyl (C=O) groups excluding carboxylic acids is 1. The fourth-order valence-corrected chi connectivity index (χ4v) is 5.64. The Balaban J connectivity index is 1.45. The number of amides is 1. The minimum atomic E-state index is -3.59. The molecule has 1 saturated heterocycles. The van der Waals surface area contributed by atoms with E-state index >= 15 is 0 Å².